The van der Waals surface area contributed by atoms with Crippen molar-refractivity contribution in [2.75, 3.05) is 25.0 Å². The molecule has 2 atom stereocenters. The van der Waals surface area contributed by atoms with Crippen molar-refractivity contribution in [3.8, 4) is 17.2 Å². The number of benzene rings is 2. The van der Waals surface area contributed by atoms with Crippen LogP contribution in [0.3, 0.4) is 0 Å². The number of nitriles is 1. The van der Waals surface area contributed by atoms with Gasteiger partial charge in [0, 0.05) is 30.7 Å². The normalized spacial score (nSPS) is 22.9. The van der Waals surface area contributed by atoms with Gasteiger partial charge in [-0.3, -0.25) is 9.69 Å². The monoisotopic (exact) mass is 501 g/mol. The van der Waals surface area contributed by atoms with Crippen LogP contribution in [0.4, 0.5) is 10.1 Å². The maximum Gasteiger partial charge on any atom is 0.235 e. The zero-order valence-corrected chi connectivity index (χ0v) is 21.1. The molecule has 2 aromatic carbocycles. The van der Waals surface area contributed by atoms with Crippen molar-refractivity contribution in [2.24, 2.45) is 22.6 Å². The van der Waals surface area contributed by atoms with Gasteiger partial charge in [-0.2, -0.15) is 5.26 Å². The number of carbonyl (C=O) groups is 1. The molecule has 184 valence electrons. The zero-order valence-electron chi connectivity index (χ0n) is 20.3. The topological polar surface area (TPSA) is 85.7 Å². The maximum absolute atomic E-state index is 13.7. The van der Waals surface area contributed by atoms with E-state index in [-0.39, 0.29) is 29.5 Å². The van der Waals surface area contributed by atoms with Crippen molar-refractivity contribution in [1.29, 1.82) is 5.26 Å². The molecule has 0 spiro atoms. The fourth-order valence-electron chi connectivity index (χ4n) is 5.48. The first-order valence-corrected chi connectivity index (χ1v) is 12.9. The number of amides is 1. The third-order valence-electron chi connectivity index (χ3n) is 7.52. The van der Waals surface area contributed by atoms with Gasteiger partial charge in [-0.1, -0.05) is 12.1 Å². The Hall–Kier alpha value is -3.70. The van der Waals surface area contributed by atoms with Gasteiger partial charge in [-0.05, 0) is 84.7 Å². The molecular formula is C28H28FN5OS. The highest BCUT2D eigenvalue weighted by Crippen LogP contribution is 2.47. The molecule has 1 unspecified atom stereocenters. The molecule has 1 aromatic heterocycles. The first kappa shape index (κ1) is 24.0. The van der Waals surface area contributed by atoms with E-state index >= 15 is 0 Å². The summed E-state index contributed by atoms with van der Waals surface area (Å²) in [5.74, 6) is -0.242. The van der Waals surface area contributed by atoms with E-state index < -0.39 is 5.54 Å². The summed E-state index contributed by atoms with van der Waals surface area (Å²) < 4.78 is 13.4. The van der Waals surface area contributed by atoms with Gasteiger partial charge in [0.15, 0.2) is 5.96 Å². The Morgan fingerprint density at radius 1 is 1.14 bits per heavy atom. The average molecular weight is 502 g/mol. The maximum atomic E-state index is 13.7. The van der Waals surface area contributed by atoms with Crippen LogP contribution >= 0.6 is 11.3 Å². The second-order valence-corrected chi connectivity index (χ2v) is 10.6. The summed E-state index contributed by atoms with van der Waals surface area (Å²) in [7, 11) is 1.69. The van der Waals surface area contributed by atoms with Gasteiger partial charge < -0.3 is 10.6 Å². The quantitative estimate of drug-likeness (QED) is 0.548. The Bertz CT molecular complexity index is 1350. The lowest BCUT2D eigenvalue weighted by atomic mass is 9.70. The standard InChI is InChI=1S/C28H28FN5OS/c1-28(24-15-21(17-36-24)20-5-3-4-18(14-20)16-30)25(26(35)33(2)27(31)32-28)19-10-12-34(13-11-19)23-8-6-22(29)7-9-23/h3-9,14-15,17,19,25H,10-13H2,1-2H3,(H2,31,32)/t25-,28?/m0/s1. The number of nitrogens with zero attached hydrogens (tertiary/aromatic N) is 4. The SMILES string of the molecule is CN1C(=O)[C@H](C2CCN(c3ccc(F)cc3)CC2)C(C)(c2cc(-c3cccc(C#N)c3)cs2)N=C1N. The van der Waals surface area contributed by atoms with Crippen LogP contribution in [-0.2, 0) is 10.3 Å². The Labute approximate surface area is 214 Å². The summed E-state index contributed by atoms with van der Waals surface area (Å²) in [5.41, 5.74) is 9.00. The molecule has 2 N–H and O–H groups in total. The van der Waals surface area contributed by atoms with Gasteiger partial charge in [-0.15, -0.1) is 11.3 Å². The Balaban J connectivity index is 1.45. The zero-order chi connectivity index (χ0) is 25.4. The van der Waals surface area contributed by atoms with Crippen LogP contribution in [0.1, 0.15) is 30.2 Å². The van der Waals surface area contributed by atoms with Gasteiger partial charge in [0.05, 0.1) is 17.6 Å². The minimum Gasteiger partial charge on any atom is -0.372 e. The number of anilines is 1. The van der Waals surface area contributed by atoms with Gasteiger partial charge >= 0.3 is 0 Å². The molecule has 1 amide bonds. The number of carbonyl (C=O) groups excluding carboxylic acids is 1. The lowest BCUT2D eigenvalue weighted by molar-refractivity contribution is -0.136. The highest BCUT2D eigenvalue weighted by molar-refractivity contribution is 7.10. The number of thiophene rings is 1. The minimum atomic E-state index is -0.786. The molecule has 8 heteroatoms. The van der Waals surface area contributed by atoms with Gasteiger partial charge in [-0.25, -0.2) is 9.38 Å². The van der Waals surface area contributed by atoms with E-state index in [1.165, 1.54) is 17.0 Å². The fraction of sp³-hybridized carbons (Fsp3) is 0.321. The molecule has 6 nitrogen and oxygen atoms in total. The third kappa shape index (κ3) is 4.24. The summed E-state index contributed by atoms with van der Waals surface area (Å²) >= 11 is 1.57. The summed E-state index contributed by atoms with van der Waals surface area (Å²) in [6.45, 7) is 3.59. The molecule has 2 aliphatic rings. The second kappa shape index (κ2) is 9.40. The van der Waals surface area contributed by atoms with Crippen LogP contribution in [0.15, 0.2) is 65.0 Å². The van der Waals surface area contributed by atoms with Gasteiger partial charge in [0.25, 0.3) is 0 Å². The van der Waals surface area contributed by atoms with E-state index in [0.29, 0.717) is 5.56 Å². The lowest BCUT2D eigenvalue weighted by Gasteiger charge is -2.46. The fourth-order valence-corrected chi connectivity index (χ4v) is 6.54. The first-order valence-electron chi connectivity index (χ1n) is 12.0. The van der Waals surface area contributed by atoms with E-state index in [9.17, 15) is 14.4 Å². The Morgan fingerprint density at radius 2 is 1.86 bits per heavy atom. The second-order valence-electron chi connectivity index (χ2n) is 9.69. The molecule has 5 rings (SSSR count). The smallest absolute Gasteiger partial charge is 0.235 e. The van der Waals surface area contributed by atoms with E-state index in [4.69, 9.17) is 10.7 Å². The number of aliphatic imine (C=N–C) groups is 1. The van der Waals surface area contributed by atoms with E-state index in [2.05, 4.69) is 22.4 Å². The molecular weight excluding hydrogens is 473 g/mol. The van der Waals surface area contributed by atoms with Crippen molar-refractivity contribution >= 4 is 28.9 Å². The van der Waals surface area contributed by atoms with Crippen LogP contribution < -0.4 is 10.6 Å². The molecule has 1 saturated heterocycles. The number of hydrogen-bond acceptors (Lipinski definition) is 6. The number of halogens is 1. The Morgan fingerprint density at radius 3 is 2.56 bits per heavy atom. The molecule has 36 heavy (non-hydrogen) atoms. The molecule has 1 fully saturated rings. The summed E-state index contributed by atoms with van der Waals surface area (Å²) in [6.07, 6.45) is 1.66. The molecule has 2 aliphatic heterocycles. The van der Waals surface area contributed by atoms with E-state index in [1.54, 1.807) is 36.6 Å². The van der Waals surface area contributed by atoms with Crippen molar-refractivity contribution in [3.63, 3.8) is 0 Å². The summed E-state index contributed by atoms with van der Waals surface area (Å²) in [5, 5.41) is 11.3. The average Bonchev–Trinajstić information content (AvgIpc) is 3.40. The molecule has 0 radical (unpaired) electrons. The number of guanidine groups is 1. The molecule has 0 saturated carbocycles. The first-order chi connectivity index (χ1) is 17.3. The Kier molecular flexibility index (Phi) is 6.27. The predicted octanol–water partition coefficient (Wildman–Crippen LogP) is 4.96. The molecule has 3 aromatic rings. The molecule has 3 heterocycles. The van der Waals surface area contributed by atoms with Crippen LogP contribution in [0, 0.1) is 29.0 Å². The molecule has 0 aliphatic carbocycles. The summed E-state index contributed by atoms with van der Waals surface area (Å²) in [6, 6.07) is 18.4. The highest BCUT2D eigenvalue weighted by atomic mass is 32.1. The predicted molar refractivity (Wildman–Crippen MR) is 141 cm³/mol. The lowest BCUT2D eigenvalue weighted by Crippen LogP contribution is -2.56. The highest BCUT2D eigenvalue weighted by Gasteiger charge is 2.51. The van der Waals surface area contributed by atoms with Crippen molar-refractivity contribution < 1.29 is 9.18 Å². The number of nitrogens with two attached hydrogens (primary N) is 1. The van der Waals surface area contributed by atoms with Crippen LogP contribution in [0.25, 0.3) is 11.1 Å². The summed E-state index contributed by atoms with van der Waals surface area (Å²) in [4.78, 5) is 23.3. The minimum absolute atomic E-state index is 0.00772. The van der Waals surface area contributed by atoms with Crippen molar-refractivity contribution in [2.45, 2.75) is 25.3 Å². The molecule has 0 bridgehead atoms. The van der Waals surface area contributed by atoms with Crippen LogP contribution in [0.5, 0.6) is 0 Å². The number of piperidine rings is 1. The van der Waals surface area contributed by atoms with Crippen molar-refractivity contribution in [3.05, 3.63) is 76.2 Å². The van der Waals surface area contributed by atoms with Gasteiger partial charge in [0.2, 0.25) is 5.91 Å². The van der Waals surface area contributed by atoms with Gasteiger partial charge in [0.1, 0.15) is 11.4 Å². The van der Waals surface area contributed by atoms with E-state index in [0.717, 1.165) is 47.6 Å². The van der Waals surface area contributed by atoms with E-state index in [1.807, 2.05) is 25.1 Å². The van der Waals surface area contributed by atoms with Crippen LogP contribution in [-0.4, -0.2) is 36.9 Å². The third-order valence-corrected chi connectivity index (χ3v) is 8.68. The largest absolute Gasteiger partial charge is 0.372 e. The number of hydrogen-bond donors (Lipinski definition) is 1. The van der Waals surface area contributed by atoms with Crippen molar-refractivity contribution in [1.82, 2.24) is 4.90 Å². The van der Waals surface area contributed by atoms with Crippen LogP contribution in [0.2, 0.25) is 0 Å². The number of rotatable bonds is 4.